The quantitative estimate of drug-likeness (QED) is 0.837. The van der Waals surface area contributed by atoms with Crippen LogP contribution in [-0.4, -0.2) is 5.11 Å². The summed E-state index contributed by atoms with van der Waals surface area (Å²) >= 11 is 5.96. The van der Waals surface area contributed by atoms with Gasteiger partial charge in [-0.15, -0.1) is 0 Å². The van der Waals surface area contributed by atoms with Gasteiger partial charge in [-0.1, -0.05) is 23.7 Å². The molecule has 0 aromatic heterocycles. The van der Waals surface area contributed by atoms with Crippen LogP contribution in [0.25, 0.3) is 0 Å². The Hall–Kier alpha value is -1.04. The molecule has 0 aliphatic heterocycles. The molecule has 0 saturated heterocycles. The number of hydrogen-bond acceptors (Lipinski definition) is 2. The molecule has 1 N–H and O–H groups in total. The average Bonchev–Trinajstić information content (AvgIpc) is 2.21. The topological polar surface area (TPSA) is 44.0 Å². The normalized spacial score (nSPS) is 13.3. The standard InChI is InChI=1S/C12H14ClNO/c1-8-4-5-9(6-10(8)13)11(15)12(2,3)7-14/h4-6,11,15H,1-3H3. The Labute approximate surface area is 95.1 Å². The van der Waals surface area contributed by atoms with Crippen LogP contribution in [0, 0.1) is 23.7 Å². The van der Waals surface area contributed by atoms with Crippen molar-refractivity contribution < 1.29 is 5.11 Å². The Morgan fingerprint density at radius 1 is 1.47 bits per heavy atom. The molecule has 1 rings (SSSR count). The van der Waals surface area contributed by atoms with Crippen LogP contribution >= 0.6 is 11.6 Å². The van der Waals surface area contributed by atoms with Crippen molar-refractivity contribution in [1.29, 1.82) is 5.26 Å². The molecule has 1 aromatic carbocycles. The maximum absolute atomic E-state index is 9.98. The summed E-state index contributed by atoms with van der Waals surface area (Å²) < 4.78 is 0. The Bertz CT molecular complexity index is 407. The summed E-state index contributed by atoms with van der Waals surface area (Å²) in [7, 11) is 0. The van der Waals surface area contributed by atoms with Crippen molar-refractivity contribution in [2.24, 2.45) is 5.41 Å². The molecule has 0 heterocycles. The summed E-state index contributed by atoms with van der Waals surface area (Å²) in [5.41, 5.74) is 0.831. The number of halogens is 1. The van der Waals surface area contributed by atoms with E-state index in [0.29, 0.717) is 10.6 Å². The highest BCUT2D eigenvalue weighted by Crippen LogP contribution is 2.33. The van der Waals surface area contributed by atoms with Crippen molar-refractivity contribution in [3.05, 3.63) is 34.3 Å². The van der Waals surface area contributed by atoms with Gasteiger partial charge in [0, 0.05) is 5.02 Å². The maximum Gasteiger partial charge on any atom is 0.0971 e. The van der Waals surface area contributed by atoms with E-state index < -0.39 is 11.5 Å². The van der Waals surface area contributed by atoms with Crippen LogP contribution in [0.5, 0.6) is 0 Å². The predicted molar refractivity (Wildman–Crippen MR) is 60.5 cm³/mol. The van der Waals surface area contributed by atoms with Gasteiger partial charge in [-0.3, -0.25) is 0 Å². The number of benzene rings is 1. The van der Waals surface area contributed by atoms with E-state index in [9.17, 15) is 5.11 Å². The zero-order valence-corrected chi connectivity index (χ0v) is 9.84. The third kappa shape index (κ3) is 2.50. The van der Waals surface area contributed by atoms with Crippen LogP contribution in [0.15, 0.2) is 18.2 Å². The van der Waals surface area contributed by atoms with Crippen molar-refractivity contribution in [1.82, 2.24) is 0 Å². The minimum atomic E-state index is -0.819. The highest BCUT2D eigenvalue weighted by atomic mass is 35.5. The molecule has 1 atom stereocenters. The lowest BCUT2D eigenvalue weighted by molar-refractivity contribution is 0.0868. The van der Waals surface area contributed by atoms with Gasteiger partial charge < -0.3 is 5.11 Å². The molecule has 1 aromatic rings. The molecular formula is C12H14ClNO. The zero-order chi connectivity index (χ0) is 11.6. The van der Waals surface area contributed by atoms with E-state index in [1.165, 1.54) is 0 Å². The zero-order valence-electron chi connectivity index (χ0n) is 9.08. The summed E-state index contributed by atoms with van der Waals surface area (Å²) in [6, 6.07) is 7.43. The molecule has 80 valence electrons. The molecule has 0 fully saturated rings. The Morgan fingerprint density at radius 2 is 2.07 bits per heavy atom. The van der Waals surface area contributed by atoms with Gasteiger partial charge in [-0.25, -0.2) is 0 Å². The number of nitriles is 1. The van der Waals surface area contributed by atoms with E-state index in [0.717, 1.165) is 5.56 Å². The molecule has 0 bridgehead atoms. The molecule has 1 unspecified atom stereocenters. The Kier molecular flexibility index (Phi) is 3.38. The lowest BCUT2D eigenvalue weighted by atomic mass is 9.84. The van der Waals surface area contributed by atoms with Gasteiger partial charge in [-0.05, 0) is 38.0 Å². The fourth-order valence-corrected chi connectivity index (χ4v) is 1.45. The molecule has 0 saturated carbocycles. The van der Waals surface area contributed by atoms with E-state index >= 15 is 0 Å². The smallest absolute Gasteiger partial charge is 0.0971 e. The fraction of sp³-hybridized carbons (Fsp3) is 0.417. The van der Waals surface area contributed by atoms with Crippen molar-refractivity contribution in [2.45, 2.75) is 26.9 Å². The lowest BCUT2D eigenvalue weighted by Crippen LogP contribution is -2.19. The lowest BCUT2D eigenvalue weighted by Gasteiger charge is -2.23. The first-order valence-corrected chi connectivity index (χ1v) is 5.11. The highest BCUT2D eigenvalue weighted by Gasteiger charge is 2.29. The second-order valence-electron chi connectivity index (χ2n) is 4.24. The number of nitrogens with zero attached hydrogens (tertiary/aromatic N) is 1. The minimum absolute atomic E-state index is 0.611. The molecule has 0 aliphatic carbocycles. The first-order chi connectivity index (χ1) is 6.88. The fourth-order valence-electron chi connectivity index (χ4n) is 1.26. The van der Waals surface area contributed by atoms with Crippen LogP contribution in [0.2, 0.25) is 5.02 Å². The largest absolute Gasteiger partial charge is 0.387 e. The first kappa shape index (κ1) is 12.0. The maximum atomic E-state index is 9.98. The summed E-state index contributed by atoms with van der Waals surface area (Å²) in [6.45, 7) is 5.30. The second kappa shape index (κ2) is 4.22. The van der Waals surface area contributed by atoms with Crippen molar-refractivity contribution in [2.75, 3.05) is 0 Å². The van der Waals surface area contributed by atoms with Gasteiger partial charge in [0.1, 0.15) is 0 Å². The molecule has 0 spiro atoms. The second-order valence-corrected chi connectivity index (χ2v) is 4.65. The molecule has 0 amide bonds. The average molecular weight is 224 g/mol. The van der Waals surface area contributed by atoms with Crippen molar-refractivity contribution >= 4 is 11.6 Å². The van der Waals surface area contributed by atoms with Gasteiger partial charge in [0.2, 0.25) is 0 Å². The number of rotatable bonds is 2. The third-order valence-electron chi connectivity index (χ3n) is 2.48. The SMILES string of the molecule is Cc1ccc(C(O)C(C)(C)C#N)cc1Cl. The summed E-state index contributed by atoms with van der Waals surface area (Å²) in [4.78, 5) is 0. The van der Waals surface area contributed by atoms with Crippen LogP contribution in [0.4, 0.5) is 0 Å². The molecule has 2 nitrogen and oxygen atoms in total. The van der Waals surface area contributed by atoms with Crippen LogP contribution in [-0.2, 0) is 0 Å². The molecule has 0 aliphatic rings. The number of aliphatic hydroxyl groups excluding tert-OH is 1. The first-order valence-electron chi connectivity index (χ1n) is 4.74. The van der Waals surface area contributed by atoms with Crippen LogP contribution in [0.3, 0.4) is 0 Å². The van der Waals surface area contributed by atoms with Gasteiger partial charge >= 0.3 is 0 Å². The molecule has 0 radical (unpaired) electrons. The van der Waals surface area contributed by atoms with Gasteiger partial charge in [-0.2, -0.15) is 5.26 Å². The summed E-state index contributed by atoms with van der Waals surface area (Å²) in [5.74, 6) is 0. The summed E-state index contributed by atoms with van der Waals surface area (Å²) in [5, 5.41) is 19.5. The Morgan fingerprint density at radius 3 is 2.53 bits per heavy atom. The summed E-state index contributed by atoms with van der Waals surface area (Å²) in [6.07, 6.45) is -0.819. The van der Waals surface area contributed by atoms with E-state index in [2.05, 4.69) is 6.07 Å². The van der Waals surface area contributed by atoms with Gasteiger partial charge in [0.25, 0.3) is 0 Å². The number of aryl methyl sites for hydroxylation is 1. The number of aliphatic hydroxyl groups is 1. The van der Waals surface area contributed by atoms with E-state index in [1.54, 1.807) is 26.0 Å². The Balaban J connectivity index is 3.08. The van der Waals surface area contributed by atoms with Crippen molar-refractivity contribution in [3.8, 4) is 6.07 Å². The number of hydrogen-bond donors (Lipinski definition) is 1. The molecular weight excluding hydrogens is 210 g/mol. The predicted octanol–water partition coefficient (Wildman–Crippen LogP) is 3.23. The van der Waals surface area contributed by atoms with Crippen molar-refractivity contribution in [3.63, 3.8) is 0 Å². The van der Waals surface area contributed by atoms with E-state index in [-0.39, 0.29) is 0 Å². The third-order valence-corrected chi connectivity index (χ3v) is 2.89. The molecule has 3 heteroatoms. The van der Waals surface area contributed by atoms with Gasteiger partial charge in [0.05, 0.1) is 17.6 Å². The van der Waals surface area contributed by atoms with Crippen LogP contribution in [0.1, 0.15) is 31.1 Å². The van der Waals surface area contributed by atoms with E-state index in [1.807, 2.05) is 13.0 Å². The van der Waals surface area contributed by atoms with E-state index in [4.69, 9.17) is 16.9 Å². The molecule has 15 heavy (non-hydrogen) atoms. The highest BCUT2D eigenvalue weighted by molar-refractivity contribution is 6.31. The minimum Gasteiger partial charge on any atom is -0.387 e. The van der Waals surface area contributed by atoms with Crippen LogP contribution < -0.4 is 0 Å². The van der Waals surface area contributed by atoms with Gasteiger partial charge in [0.15, 0.2) is 0 Å². The monoisotopic (exact) mass is 223 g/mol.